The van der Waals surface area contributed by atoms with Crippen molar-refractivity contribution < 1.29 is 9.47 Å². The zero-order valence-electron chi connectivity index (χ0n) is 17.3. The lowest BCUT2D eigenvalue weighted by Gasteiger charge is -2.17. The van der Waals surface area contributed by atoms with Crippen molar-refractivity contribution in [2.45, 2.75) is 39.7 Å². The van der Waals surface area contributed by atoms with Gasteiger partial charge in [-0.05, 0) is 49.2 Å². The highest BCUT2D eigenvalue weighted by molar-refractivity contribution is 9.10. The Morgan fingerprint density at radius 1 is 1.30 bits per heavy atom. The second-order valence-electron chi connectivity index (χ2n) is 6.78. The number of fused-ring (bicyclic) bond motifs is 1. The number of methoxy groups -OCH3 is 1. The van der Waals surface area contributed by atoms with Gasteiger partial charge < -0.3 is 9.47 Å². The van der Waals surface area contributed by atoms with E-state index >= 15 is 0 Å². The molecule has 0 aliphatic carbocycles. The monoisotopic (exact) mass is 491 g/mol. The summed E-state index contributed by atoms with van der Waals surface area (Å²) in [5, 5.41) is 5.30. The predicted octanol–water partition coefficient (Wildman–Crippen LogP) is 5.44. The minimum absolute atomic E-state index is 0.00426. The summed E-state index contributed by atoms with van der Waals surface area (Å²) < 4.78 is 13.5. The summed E-state index contributed by atoms with van der Waals surface area (Å²) in [7, 11) is 1.56. The van der Waals surface area contributed by atoms with E-state index in [2.05, 4.69) is 26.0 Å². The fourth-order valence-corrected chi connectivity index (χ4v) is 3.51. The molecule has 158 valence electrons. The van der Waals surface area contributed by atoms with Crippen LogP contribution in [0, 0.1) is 0 Å². The van der Waals surface area contributed by atoms with Gasteiger partial charge in [0.25, 0.3) is 5.56 Å². The van der Waals surface area contributed by atoms with Crippen LogP contribution in [0.15, 0.2) is 44.7 Å². The van der Waals surface area contributed by atoms with E-state index in [0.29, 0.717) is 45.2 Å². The van der Waals surface area contributed by atoms with Gasteiger partial charge in [-0.25, -0.2) is 4.98 Å². The van der Waals surface area contributed by atoms with E-state index in [4.69, 9.17) is 21.1 Å². The van der Waals surface area contributed by atoms with Gasteiger partial charge in [0.2, 0.25) is 0 Å². The Balaban J connectivity index is 2.05. The number of benzene rings is 2. The third kappa shape index (κ3) is 4.68. The number of halogens is 2. The summed E-state index contributed by atoms with van der Waals surface area (Å²) in [5.74, 6) is 1.57. The van der Waals surface area contributed by atoms with E-state index in [9.17, 15) is 4.79 Å². The molecule has 0 radical (unpaired) electrons. The maximum Gasteiger partial charge on any atom is 0.282 e. The second-order valence-corrected chi connectivity index (χ2v) is 8.10. The van der Waals surface area contributed by atoms with Crippen molar-refractivity contribution in [1.29, 1.82) is 0 Å². The zero-order valence-corrected chi connectivity index (χ0v) is 19.6. The first-order valence-corrected chi connectivity index (χ1v) is 10.8. The number of ether oxygens (including phenoxy) is 2. The van der Waals surface area contributed by atoms with E-state index in [-0.39, 0.29) is 11.7 Å². The molecular weight excluding hydrogens is 470 g/mol. The number of hydrogen-bond donors (Lipinski definition) is 0. The second kappa shape index (κ2) is 9.62. The number of rotatable bonds is 7. The van der Waals surface area contributed by atoms with Gasteiger partial charge in [0.15, 0.2) is 11.5 Å². The number of hydrogen-bond acceptors (Lipinski definition) is 5. The molecule has 1 aromatic heterocycles. The van der Waals surface area contributed by atoms with Crippen molar-refractivity contribution in [2.75, 3.05) is 7.11 Å². The fraction of sp³-hybridized carbons (Fsp3) is 0.318. The Morgan fingerprint density at radius 2 is 2.07 bits per heavy atom. The van der Waals surface area contributed by atoms with Crippen molar-refractivity contribution in [3.63, 3.8) is 0 Å². The smallest absolute Gasteiger partial charge is 0.282 e. The van der Waals surface area contributed by atoms with Gasteiger partial charge in [0.1, 0.15) is 5.82 Å². The van der Waals surface area contributed by atoms with Crippen LogP contribution in [0.3, 0.4) is 0 Å². The largest absolute Gasteiger partial charge is 0.493 e. The van der Waals surface area contributed by atoms with Gasteiger partial charge in [-0.3, -0.25) is 4.79 Å². The summed E-state index contributed by atoms with van der Waals surface area (Å²) in [6.45, 7) is 5.93. The van der Waals surface area contributed by atoms with Gasteiger partial charge in [0, 0.05) is 10.9 Å². The molecule has 30 heavy (non-hydrogen) atoms. The van der Waals surface area contributed by atoms with Crippen LogP contribution in [0.1, 0.15) is 38.6 Å². The van der Waals surface area contributed by atoms with Crippen molar-refractivity contribution in [3.05, 3.63) is 61.6 Å². The third-order valence-corrected chi connectivity index (χ3v) is 5.43. The van der Waals surface area contributed by atoms with E-state index in [1.165, 1.54) is 4.68 Å². The maximum absolute atomic E-state index is 13.0. The summed E-state index contributed by atoms with van der Waals surface area (Å²) in [6, 6.07) is 8.92. The summed E-state index contributed by atoms with van der Waals surface area (Å²) in [6.07, 6.45) is 2.97. The average Bonchev–Trinajstić information content (AvgIpc) is 2.74. The predicted molar refractivity (Wildman–Crippen MR) is 124 cm³/mol. The molecule has 0 bridgehead atoms. The van der Waals surface area contributed by atoms with Crippen LogP contribution in [0.4, 0.5) is 0 Å². The number of aryl methyl sites for hydroxylation is 1. The first-order valence-electron chi connectivity index (χ1n) is 9.67. The SMILES string of the molecule is CCc1nc2ccc(Br)cc2c(=O)n1N=Cc1cc(Cl)c(O[C@@H](C)CC)c(OC)c1. The van der Waals surface area contributed by atoms with Crippen LogP contribution in [-0.2, 0) is 6.42 Å². The Morgan fingerprint density at radius 3 is 2.73 bits per heavy atom. The van der Waals surface area contributed by atoms with Gasteiger partial charge in [-0.15, -0.1) is 0 Å². The molecule has 0 saturated heterocycles. The highest BCUT2D eigenvalue weighted by Gasteiger charge is 2.14. The Hall–Kier alpha value is -2.38. The Bertz CT molecular complexity index is 1160. The topological polar surface area (TPSA) is 65.7 Å². The minimum Gasteiger partial charge on any atom is -0.493 e. The van der Waals surface area contributed by atoms with Crippen LogP contribution in [0.2, 0.25) is 5.02 Å². The molecule has 1 heterocycles. The molecular formula is C22H23BrClN3O3. The molecule has 0 aliphatic rings. The van der Waals surface area contributed by atoms with Crippen molar-refractivity contribution in [2.24, 2.45) is 5.10 Å². The lowest BCUT2D eigenvalue weighted by molar-refractivity contribution is 0.208. The quantitative estimate of drug-likeness (QED) is 0.412. The molecule has 0 amide bonds. The van der Waals surface area contributed by atoms with Crippen molar-refractivity contribution >= 4 is 44.6 Å². The summed E-state index contributed by atoms with van der Waals surface area (Å²) >= 11 is 9.83. The molecule has 0 unspecified atom stereocenters. The molecule has 0 saturated carbocycles. The Labute approximate surface area is 188 Å². The normalized spacial score (nSPS) is 12.5. The molecule has 3 aromatic rings. The molecule has 0 fully saturated rings. The van der Waals surface area contributed by atoms with E-state index in [1.54, 1.807) is 31.5 Å². The average molecular weight is 493 g/mol. The van der Waals surface area contributed by atoms with Crippen molar-refractivity contribution in [3.8, 4) is 11.5 Å². The van der Waals surface area contributed by atoms with Gasteiger partial charge in [-0.1, -0.05) is 41.4 Å². The summed E-state index contributed by atoms with van der Waals surface area (Å²) in [5.41, 5.74) is 1.09. The van der Waals surface area contributed by atoms with E-state index < -0.39 is 0 Å². The van der Waals surface area contributed by atoms with Gasteiger partial charge in [-0.2, -0.15) is 9.78 Å². The van der Waals surface area contributed by atoms with Crippen LogP contribution >= 0.6 is 27.5 Å². The lowest BCUT2D eigenvalue weighted by atomic mass is 10.2. The molecule has 0 N–H and O–H groups in total. The first-order chi connectivity index (χ1) is 14.4. The van der Waals surface area contributed by atoms with Crippen molar-refractivity contribution in [1.82, 2.24) is 9.66 Å². The zero-order chi connectivity index (χ0) is 21.8. The molecule has 0 aliphatic heterocycles. The molecule has 6 nitrogen and oxygen atoms in total. The van der Waals surface area contributed by atoms with Crippen LogP contribution in [0.5, 0.6) is 11.5 Å². The third-order valence-electron chi connectivity index (χ3n) is 4.66. The molecule has 3 rings (SSSR count). The van der Waals surface area contributed by atoms with Crippen LogP contribution in [0.25, 0.3) is 10.9 Å². The van der Waals surface area contributed by atoms with Gasteiger partial charge >= 0.3 is 0 Å². The molecule has 0 spiro atoms. The molecule has 1 atom stereocenters. The first kappa shape index (κ1) is 22.3. The number of nitrogens with zero attached hydrogens (tertiary/aromatic N) is 3. The fourth-order valence-electron chi connectivity index (χ4n) is 2.88. The molecule has 8 heteroatoms. The lowest BCUT2D eigenvalue weighted by Crippen LogP contribution is -2.22. The highest BCUT2D eigenvalue weighted by Crippen LogP contribution is 2.37. The summed E-state index contributed by atoms with van der Waals surface area (Å²) in [4.78, 5) is 17.6. The van der Waals surface area contributed by atoms with Gasteiger partial charge in [0.05, 0.1) is 35.4 Å². The minimum atomic E-state index is -0.232. The van der Waals surface area contributed by atoms with Crippen LogP contribution < -0.4 is 15.0 Å². The van der Waals surface area contributed by atoms with E-state index in [0.717, 1.165) is 10.9 Å². The van der Waals surface area contributed by atoms with Crippen LogP contribution in [-0.4, -0.2) is 29.1 Å². The highest BCUT2D eigenvalue weighted by atomic mass is 79.9. The van der Waals surface area contributed by atoms with E-state index in [1.807, 2.05) is 32.9 Å². The molecule has 2 aromatic carbocycles. The number of aromatic nitrogens is 2. The maximum atomic E-state index is 13.0. The standard InChI is InChI=1S/C22H23BrClN3O3/c1-5-13(3)30-21-17(24)9-14(10-19(21)29-4)12-25-27-20(6-2)26-18-8-7-15(23)11-16(18)22(27)28/h7-13H,5-6H2,1-4H3/t13-/m0/s1. The Kier molecular flexibility index (Phi) is 7.15.